The zero-order valence-electron chi connectivity index (χ0n) is 4.57. The first-order valence-electron chi connectivity index (χ1n) is 2.49. The zero-order valence-corrected chi connectivity index (χ0v) is 3.57. The van der Waals surface area contributed by atoms with Crippen molar-refractivity contribution in [2.45, 2.75) is 0 Å². The van der Waals surface area contributed by atoms with Crippen molar-refractivity contribution < 1.29 is 1.41 Å². The van der Waals surface area contributed by atoms with Gasteiger partial charge in [-0.15, -0.1) is 0 Å². The molecule has 1 rings (SSSR count). The zero-order chi connectivity index (χ0) is 5.11. The summed E-state index contributed by atoms with van der Waals surface area (Å²) in [7, 11) is 2.18. The van der Waals surface area contributed by atoms with Crippen LogP contribution in [0.1, 0.15) is 0 Å². The molecule has 0 aliphatic carbocycles. The van der Waals surface area contributed by atoms with E-state index in [0.29, 0.717) is 15.1 Å². The average Bonchev–Trinajstić information content (AvgIpc) is 1.69. The predicted molar refractivity (Wildman–Crippen MR) is 30.9 cm³/mol. The second kappa shape index (κ2) is 2.28. The highest BCUT2D eigenvalue weighted by Crippen LogP contribution is 1.46. The summed E-state index contributed by atoms with van der Waals surface area (Å²) in [6.07, 6.45) is 0. The van der Waals surface area contributed by atoms with Crippen molar-refractivity contribution in [2.24, 2.45) is 0 Å². The lowest BCUT2D eigenvalue weighted by molar-refractivity contribution is 1.28. The van der Waals surface area contributed by atoms with Crippen molar-refractivity contribution in [3.63, 3.8) is 0 Å². The van der Waals surface area contributed by atoms with Gasteiger partial charge >= 0.3 is 0 Å². The quantitative estimate of drug-likeness (QED) is 0.266. The fraction of sp³-hybridized carbons (Fsp3) is 0. The molecule has 0 amide bonds. The highest BCUT2D eigenvalue weighted by atomic mass is 15.0. The molecule has 0 bridgehead atoms. The van der Waals surface area contributed by atoms with Gasteiger partial charge in [0.1, 0.15) is 0 Å². The third-order valence-corrected chi connectivity index (χ3v) is 0.697. The van der Waals surface area contributed by atoms with Gasteiger partial charge in [-0.2, -0.15) is 0 Å². The molecule has 0 unspecified atom stereocenters. The van der Waals surface area contributed by atoms with E-state index in [1.54, 1.807) is 0 Å². The fourth-order valence-electron chi connectivity index (χ4n) is 0.414. The largest absolute Gasteiger partial charge is 0.378 e. The summed E-state index contributed by atoms with van der Waals surface area (Å²) in [4.78, 5) is 0. The number of rotatable bonds is 0. The lowest BCUT2D eigenvalue weighted by Crippen LogP contribution is -2.55. The molecule has 6 heteroatoms. The van der Waals surface area contributed by atoms with Crippen LogP contribution in [0.5, 0.6) is 0 Å². The molecule has 1 heterocycles. The minimum absolute atomic E-state index is 0.674. The number of nitrogens with one attached hydrogen (secondary N) is 3. The van der Waals surface area contributed by atoms with Crippen LogP contribution in [-0.2, 0) is 0 Å². The highest BCUT2D eigenvalue weighted by molar-refractivity contribution is 6.65. The van der Waals surface area contributed by atoms with Crippen LogP contribution in [0.15, 0.2) is 0 Å². The fourth-order valence-corrected chi connectivity index (χ4v) is 0.414. The minimum Gasteiger partial charge on any atom is -0.378 e. The second-order valence-electron chi connectivity index (χ2n) is 1.22. The summed E-state index contributed by atoms with van der Waals surface area (Å²) in [6.45, 7) is 0. The van der Waals surface area contributed by atoms with Gasteiger partial charge in [0, 0.05) is 0 Å². The van der Waals surface area contributed by atoms with Crippen LogP contribution in [0.25, 0.3) is 0 Å². The summed E-state index contributed by atoms with van der Waals surface area (Å²) in [5.41, 5.74) is 0. The molecule has 1 saturated heterocycles. The molecule has 30 valence electrons. The Morgan fingerprint density at radius 2 is 1.83 bits per heavy atom. The van der Waals surface area contributed by atoms with Crippen LogP contribution in [0.2, 0.25) is 1.41 Å². The molecule has 3 nitrogen and oxygen atoms in total. The second-order valence-corrected chi connectivity index (χ2v) is 1.22. The van der Waals surface area contributed by atoms with E-state index < -0.39 is 0 Å². The number of hydrogen-bond acceptors (Lipinski definition) is 3. The summed E-state index contributed by atoms with van der Waals surface area (Å²) >= 11 is 0. The van der Waals surface area contributed by atoms with Crippen molar-refractivity contribution in [1.82, 2.24) is 15.4 Å². The molecular weight excluding hydrogens is 74.5 g/mol. The Hall–Kier alpha value is 0.0748. The van der Waals surface area contributed by atoms with Crippen LogP contribution >= 0.6 is 0 Å². The van der Waals surface area contributed by atoms with Crippen molar-refractivity contribution in [1.29, 1.82) is 0 Å². The van der Waals surface area contributed by atoms with Gasteiger partial charge in [-0.05, 0) is 0 Å². The summed E-state index contributed by atoms with van der Waals surface area (Å²) in [5, 5.41) is 7.34. The van der Waals surface area contributed by atoms with Crippen LogP contribution < -0.4 is 15.4 Å². The first-order chi connectivity index (χ1) is 3.39. The maximum atomic E-state index is 6.98. The smallest absolute Gasteiger partial charge is 0.265 e. The summed E-state index contributed by atoms with van der Waals surface area (Å²) < 4.78 is 6.98. The monoisotopic (exact) mass is 82.1 g/mol. The highest BCUT2D eigenvalue weighted by Gasteiger charge is 1.97. The Bertz CT molecular complexity index is 52.1. The maximum Gasteiger partial charge on any atom is 0.265 e. The Labute approximate surface area is 40.6 Å². The molecule has 6 heavy (non-hydrogen) atoms. The van der Waals surface area contributed by atoms with Gasteiger partial charge < -0.3 is 15.4 Å². The number of hydrogen-bond donors (Lipinski definition) is 3. The topological polar surface area (TPSA) is 36.1 Å². The summed E-state index contributed by atoms with van der Waals surface area (Å²) in [6, 6.07) is 0. The molecule has 0 saturated carbocycles. The van der Waals surface area contributed by atoms with E-state index in [0.717, 1.165) is 7.55 Å². The summed E-state index contributed by atoms with van der Waals surface area (Å²) in [5.74, 6) is 0. The molecule has 0 radical (unpaired) electrons. The Morgan fingerprint density at radius 3 is 2.17 bits per heavy atom. The molecule has 0 atom stereocenters. The normalized spacial score (nSPS) is 25.7. The van der Waals surface area contributed by atoms with E-state index in [1.807, 2.05) is 0 Å². The van der Waals surface area contributed by atoms with Crippen molar-refractivity contribution in [3.8, 4) is 0 Å². The van der Waals surface area contributed by atoms with Crippen LogP contribution in [0, 0.1) is 0 Å². The predicted octanol–water partition coefficient (Wildman–Crippen LogP) is -3.43. The van der Waals surface area contributed by atoms with Crippen LogP contribution in [-0.4, -0.2) is 22.6 Å². The first kappa shape index (κ1) is 3.13. The van der Waals surface area contributed by atoms with Crippen LogP contribution in [0.4, 0.5) is 0 Å². The SMILES string of the molecule is [2H]N1BNBNB1. The molecule has 1 fully saturated rings. The minimum atomic E-state index is 0.674. The Morgan fingerprint density at radius 1 is 1.17 bits per heavy atom. The van der Waals surface area contributed by atoms with Gasteiger partial charge in [-0.1, -0.05) is 0 Å². The standard InChI is InChI=1S/B3H6N3/c1-4-2-6-3-5-1/h1-6H/i4D. The first-order valence-corrected chi connectivity index (χ1v) is 2.05. The molecular formula is H6B3N3. The lowest BCUT2D eigenvalue weighted by Gasteiger charge is -2.08. The lowest BCUT2D eigenvalue weighted by atomic mass is 9.85. The van der Waals surface area contributed by atoms with Gasteiger partial charge in [-0.3, -0.25) is 0 Å². The van der Waals surface area contributed by atoms with E-state index in [-0.39, 0.29) is 0 Å². The van der Waals surface area contributed by atoms with Gasteiger partial charge in [-0.25, -0.2) is 0 Å². The Balaban J connectivity index is 2.12. The van der Waals surface area contributed by atoms with Gasteiger partial charge in [0.05, 0.1) is 1.41 Å². The van der Waals surface area contributed by atoms with Gasteiger partial charge in [0.15, 0.2) is 0 Å². The molecule has 3 N–H and O–H groups in total. The third-order valence-electron chi connectivity index (χ3n) is 0.697. The van der Waals surface area contributed by atoms with Gasteiger partial charge in [0.2, 0.25) is 0 Å². The van der Waals surface area contributed by atoms with Crippen LogP contribution in [0.3, 0.4) is 0 Å². The van der Waals surface area contributed by atoms with E-state index >= 15 is 0 Å². The van der Waals surface area contributed by atoms with E-state index in [1.165, 1.54) is 5.13 Å². The Kier molecular flexibility index (Phi) is 1.19. The van der Waals surface area contributed by atoms with Crippen molar-refractivity contribution >= 4 is 22.6 Å². The average molecular weight is 81.5 g/mol. The third kappa shape index (κ3) is 1.04. The van der Waals surface area contributed by atoms with Crippen molar-refractivity contribution in [2.75, 3.05) is 0 Å². The van der Waals surface area contributed by atoms with E-state index in [2.05, 4.69) is 10.3 Å². The van der Waals surface area contributed by atoms with E-state index in [4.69, 9.17) is 1.41 Å². The molecule has 0 aromatic rings. The maximum absolute atomic E-state index is 6.98. The molecule has 1 aliphatic rings. The van der Waals surface area contributed by atoms with Gasteiger partial charge in [0.25, 0.3) is 22.6 Å². The molecule has 0 spiro atoms. The van der Waals surface area contributed by atoms with Crippen molar-refractivity contribution in [3.05, 3.63) is 0 Å². The molecule has 0 aromatic carbocycles. The molecule has 0 aromatic heterocycles. The molecule has 1 aliphatic heterocycles. The van der Waals surface area contributed by atoms with E-state index in [9.17, 15) is 0 Å².